The van der Waals surface area contributed by atoms with Crippen LogP contribution in [0.5, 0.6) is 0 Å². The fraction of sp³-hybridized carbons (Fsp3) is 0.256. The van der Waals surface area contributed by atoms with Gasteiger partial charge in [0.25, 0.3) is 15.9 Å². The molecule has 0 aromatic heterocycles. The number of carboxylic acid groups (broad SMARTS) is 1. The zero-order valence-corrected chi connectivity index (χ0v) is 29.0. The van der Waals surface area contributed by atoms with Gasteiger partial charge in [-0.15, -0.1) is 0 Å². The van der Waals surface area contributed by atoms with Crippen molar-refractivity contribution in [2.75, 3.05) is 16.6 Å². The second-order valence-corrected chi connectivity index (χ2v) is 14.0. The van der Waals surface area contributed by atoms with E-state index in [-0.39, 0.29) is 23.5 Å². The Kier molecular flexibility index (Phi) is 11.7. The maximum atomic E-state index is 13.7. The van der Waals surface area contributed by atoms with Gasteiger partial charge in [-0.25, -0.2) is 13.2 Å². The van der Waals surface area contributed by atoms with Crippen molar-refractivity contribution in [3.8, 4) is 0 Å². The third-order valence-electron chi connectivity index (χ3n) is 8.57. The quantitative estimate of drug-likeness (QED) is 0.0981. The maximum Gasteiger partial charge on any atom is 0.320 e. The van der Waals surface area contributed by atoms with Crippen LogP contribution in [0.1, 0.15) is 83.2 Å². The lowest BCUT2D eigenvalue weighted by atomic mass is 9.91. The van der Waals surface area contributed by atoms with Crippen LogP contribution in [0, 0.1) is 6.92 Å². The van der Waals surface area contributed by atoms with Crippen LogP contribution < -0.4 is 20.7 Å². The van der Waals surface area contributed by atoms with Gasteiger partial charge in [-0.05, 0) is 109 Å². The highest BCUT2D eigenvalue weighted by Crippen LogP contribution is 2.30. The van der Waals surface area contributed by atoms with Gasteiger partial charge >= 0.3 is 12.0 Å². The highest BCUT2D eigenvalue weighted by atomic mass is 32.2. The molecule has 3 amide bonds. The van der Waals surface area contributed by atoms with E-state index in [1.165, 1.54) is 18.1 Å². The predicted molar refractivity (Wildman–Crippen MR) is 196 cm³/mol. The number of hydrogen-bond donors (Lipinski definition) is 5. The van der Waals surface area contributed by atoms with E-state index in [4.69, 9.17) is 5.11 Å². The second-order valence-electron chi connectivity index (χ2n) is 12.3. The highest BCUT2D eigenvalue weighted by molar-refractivity contribution is 7.92. The molecule has 0 heterocycles. The highest BCUT2D eigenvalue weighted by Gasteiger charge is 2.23. The lowest BCUT2D eigenvalue weighted by Crippen LogP contribution is -2.34. The van der Waals surface area contributed by atoms with Crippen LogP contribution in [0.15, 0.2) is 102 Å². The number of hydrogen-bond acceptors (Lipinski definition) is 5. The number of benzene rings is 4. The molecule has 1 aliphatic rings. The molecule has 50 heavy (non-hydrogen) atoms. The average Bonchev–Trinajstić information content (AvgIpc) is 3.11. The van der Waals surface area contributed by atoms with E-state index in [0.29, 0.717) is 22.4 Å². The van der Waals surface area contributed by atoms with E-state index in [2.05, 4.69) is 26.7 Å². The average molecular weight is 695 g/mol. The Hall–Kier alpha value is -5.42. The summed E-state index contributed by atoms with van der Waals surface area (Å²) < 4.78 is 29.9. The summed E-state index contributed by atoms with van der Waals surface area (Å²) in [5.74, 6) is -1.42. The molecule has 1 aliphatic carbocycles. The van der Waals surface area contributed by atoms with Crippen molar-refractivity contribution in [2.45, 2.75) is 63.3 Å². The Morgan fingerprint density at radius 3 is 2.26 bits per heavy atom. The molecule has 5 N–H and O–H groups in total. The summed E-state index contributed by atoms with van der Waals surface area (Å²) in [4.78, 5) is 37.0. The molecular formula is C39H42N4O6S. The minimum Gasteiger partial charge on any atom is -0.481 e. The summed E-state index contributed by atoms with van der Waals surface area (Å²) in [5, 5.41) is 17.2. The van der Waals surface area contributed by atoms with Crippen LogP contribution in [0.25, 0.3) is 5.57 Å². The molecule has 0 bridgehead atoms. The maximum absolute atomic E-state index is 13.7. The SMILES string of the molecule is CCc1cccc(NS(=O)(=O)c2cc(C)ccc2NC(=O)NC(c2ccc(C(=O)NCCC(=O)O)cc2)c2ccc(C3=CCCCC3)cc2)c1. The van der Waals surface area contributed by atoms with E-state index in [1.807, 2.05) is 37.3 Å². The lowest BCUT2D eigenvalue weighted by Gasteiger charge is -2.22. The Labute approximate surface area is 293 Å². The van der Waals surface area contributed by atoms with Gasteiger partial charge in [0.05, 0.1) is 18.2 Å². The third kappa shape index (κ3) is 9.38. The normalized spacial score (nSPS) is 13.4. The summed E-state index contributed by atoms with van der Waals surface area (Å²) in [5.41, 5.74) is 6.45. The van der Waals surface area contributed by atoms with Gasteiger partial charge in [0.2, 0.25) is 0 Å². The molecule has 11 heteroatoms. The number of carbonyl (C=O) groups excluding carboxylic acids is 2. The zero-order chi connectivity index (χ0) is 35.7. The first-order valence-electron chi connectivity index (χ1n) is 16.7. The molecule has 10 nitrogen and oxygen atoms in total. The number of allylic oxidation sites excluding steroid dienone is 2. The second kappa shape index (κ2) is 16.3. The molecule has 0 aliphatic heterocycles. The number of carbonyl (C=O) groups is 3. The smallest absolute Gasteiger partial charge is 0.320 e. The Balaban J connectivity index is 1.40. The van der Waals surface area contributed by atoms with Crippen LogP contribution in [0.4, 0.5) is 16.2 Å². The molecular weight excluding hydrogens is 653 g/mol. The molecule has 4 aromatic rings. The number of sulfonamides is 1. The molecule has 4 aromatic carbocycles. The van der Waals surface area contributed by atoms with Crippen molar-refractivity contribution < 1.29 is 27.9 Å². The molecule has 0 saturated heterocycles. The summed E-state index contributed by atoms with van der Waals surface area (Å²) in [6.07, 6.45) is 7.22. The Morgan fingerprint density at radius 1 is 0.880 bits per heavy atom. The van der Waals surface area contributed by atoms with Crippen molar-refractivity contribution in [3.05, 3.63) is 130 Å². The van der Waals surface area contributed by atoms with Crippen molar-refractivity contribution in [2.24, 2.45) is 0 Å². The van der Waals surface area contributed by atoms with Gasteiger partial charge in [-0.2, -0.15) is 0 Å². The van der Waals surface area contributed by atoms with Gasteiger partial charge < -0.3 is 21.1 Å². The van der Waals surface area contributed by atoms with Crippen LogP contribution in [0.3, 0.4) is 0 Å². The molecule has 1 atom stereocenters. The first-order chi connectivity index (χ1) is 24.0. The molecule has 0 saturated carbocycles. The van der Waals surface area contributed by atoms with Gasteiger partial charge in [0.15, 0.2) is 0 Å². The first-order valence-corrected chi connectivity index (χ1v) is 18.2. The van der Waals surface area contributed by atoms with Crippen LogP contribution >= 0.6 is 0 Å². The number of rotatable bonds is 13. The summed E-state index contributed by atoms with van der Waals surface area (Å²) in [7, 11) is -4.08. The van der Waals surface area contributed by atoms with E-state index in [1.54, 1.807) is 61.5 Å². The molecule has 1 unspecified atom stereocenters. The van der Waals surface area contributed by atoms with E-state index in [0.717, 1.165) is 42.4 Å². The van der Waals surface area contributed by atoms with Crippen molar-refractivity contribution in [1.82, 2.24) is 10.6 Å². The predicted octanol–water partition coefficient (Wildman–Crippen LogP) is 7.43. The van der Waals surface area contributed by atoms with Crippen molar-refractivity contribution in [3.63, 3.8) is 0 Å². The van der Waals surface area contributed by atoms with E-state index >= 15 is 0 Å². The van der Waals surface area contributed by atoms with Crippen LogP contribution in [-0.4, -0.2) is 38.0 Å². The first kappa shape index (κ1) is 35.9. The standard InChI is InChI=1S/C39H42N4O6S/c1-3-27-8-7-11-33(25-27)43-50(48,49)35-24-26(2)12-21-34(35)41-39(47)42-37(30-15-13-29(14-16-30)28-9-5-4-6-10-28)31-17-19-32(20-18-31)38(46)40-23-22-36(44)45/h7-9,11-21,24-25,37,43H,3-6,10,22-23H2,1-2H3,(H,40,46)(H,44,45)(H2,41,42,47). The zero-order valence-electron chi connectivity index (χ0n) is 28.2. The number of nitrogens with one attached hydrogen (secondary N) is 4. The molecule has 260 valence electrons. The number of carboxylic acids is 1. The largest absolute Gasteiger partial charge is 0.481 e. The molecule has 0 radical (unpaired) electrons. The van der Waals surface area contributed by atoms with Gasteiger partial charge in [0.1, 0.15) is 4.90 Å². The van der Waals surface area contributed by atoms with Gasteiger partial charge in [-0.1, -0.05) is 67.6 Å². The fourth-order valence-electron chi connectivity index (χ4n) is 5.87. The Morgan fingerprint density at radius 2 is 1.60 bits per heavy atom. The summed E-state index contributed by atoms with van der Waals surface area (Å²) in [6.45, 7) is 3.77. The van der Waals surface area contributed by atoms with Gasteiger partial charge in [-0.3, -0.25) is 14.3 Å². The van der Waals surface area contributed by atoms with Crippen molar-refractivity contribution >= 4 is 44.9 Å². The Bertz CT molecular complexity index is 1990. The number of amides is 3. The van der Waals surface area contributed by atoms with E-state index in [9.17, 15) is 22.8 Å². The molecule has 5 rings (SSSR count). The van der Waals surface area contributed by atoms with Gasteiger partial charge in [0, 0.05) is 17.8 Å². The lowest BCUT2D eigenvalue weighted by molar-refractivity contribution is -0.136. The summed E-state index contributed by atoms with van der Waals surface area (Å²) >= 11 is 0. The number of anilines is 2. The molecule has 0 fully saturated rings. The van der Waals surface area contributed by atoms with Crippen LogP contribution in [-0.2, 0) is 21.2 Å². The fourth-order valence-corrected chi connectivity index (χ4v) is 7.17. The number of aliphatic carboxylic acids is 1. The topological polar surface area (TPSA) is 154 Å². The number of aryl methyl sites for hydroxylation is 2. The monoisotopic (exact) mass is 694 g/mol. The molecule has 0 spiro atoms. The van der Waals surface area contributed by atoms with Crippen LogP contribution in [0.2, 0.25) is 0 Å². The number of urea groups is 1. The minimum absolute atomic E-state index is 0.000414. The van der Waals surface area contributed by atoms with E-state index < -0.39 is 34.0 Å². The minimum atomic E-state index is -4.08. The van der Waals surface area contributed by atoms with Crippen molar-refractivity contribution in [1.29, 1.82) is 0 Å². The summed E-state index contributed by atoms with van der Waals surface area (Å²) in [6, 6.07) is 25.3. The third-order valence-corrected chi connectivity index (χ3v) is 10.00.